The Morgan fingerprint density at radius 2 is 2.05 bits per heavy atom. The summed E-state index contributed by atoms with van der Waals surface area (Å²) in [5, 5.41) is 1.61. The van der Waals surface area contributed by atoms with Crippen molar-refractivity contribution in [1.82, 2.24) is 4.98 Å². The molecular weight excluding hydrogens is 350 g/mol. The highest BCUT2D eigenvalue weighted by atomic mass is 79.9. The van der Waals surface area contributed by atoms with Crippen molar-refractivity contribution in [2.75, 3.05) is 11.6 Å². The van der Waals surface area contributed by atoms with E-state index in [-0.39, 0.29) is 16.7 Å². The SMILES string of the molecule is CC(CCl)CS(=O)(=O)c1nccc2c(Br)cccc12. The molecule has 1 aromatic carbocycles. The molecule has 1 aromatic heterocycles. The van der Waals surface area contributed by atoms with Gasteiger partial charge in [0, 0.05) is 27.3 Å². The van der Waals surface area contributed by atoms with Crippen molar-refractivity contribution in [2.45, 2.75) is 11.9 Å². The molecule has 0 spiro atoms. The maximum absolute atomic E-state index is 12.4. The Morgan fingerprint density at radius 3 is 2.74 bits per heavy atom. The van der Waals surface area contributed by atoms with E-state index in [9.17, 15) is 8.42 Å². The van der Waals surface area contributed by atoms with Gasteiger partial charge in [-0.3, -0.25) is 0 Å². The lowest BCUT2D eigenvalue weighted by atomic mass is 10.2. The fourth-order valence-corrected chi connectivity index (χ4v) is 4.38. The van der Waals surface area contributed by atoms with Gasteiger partial charge in [0.25, 0.3) is 0 Å². The number of pyridine rings is 1. The third-order valence-corrected chi connectivity index (χ3v) is 5.92. The first kappa shape index (κ1) is 14.8. The van der Waals surface area contributed by atoms with Crippen LogP contribution < -0.4 is 0 Å². The Bertz CT molecular complexity index is 703. The minimum Gasteiger partial charge on any atom is -0.244 e. The summed E-state index contributed by atoms with van der Waals surface area (Å²) in [7, 11) is -3.43. The Balaban J connectivity index is 2.60. The zero-order chi connectivity index (χ0) is 14.0. The minimum atomic E-state index is -3.43. The van der Waals surface area contributed by atoms with Gasteiger partial charge in [0.2, 0.25) is 0 Å². The highest BCUT2D eigenvalue weighted by molar-refractivity contribution is 9.10. The zero-order valence-electron chi connectivity index (χ0n) is 10.3. The molecule has 0 aliphatic rings. The molecule has 0 aliphatic heterocycles. The third kappa shape index (κ3) is 3.09. The molecule has 2 rings (SSSR count). The molecule has 0 aliphatic carbocycles. The maximum Gasteiger partial charge on any atom is 0.196 e. The second-order valence-corrected chi connectivity index (χ2v) is 7.60. The van der Waals surface area contributed by atoms with Gasteiger partial charge < -0.3 is 0 Å². The van der Waals surface area contributed by atoms with E-state index in [4.69, 9.17) is 11.6 Å². The molecule has 1 heterocycles. The summed E-state index contributed by atoms with van der Waals surface area (Å²) >= 11 is 9.12. The van der Waals surface area contributed by atoms with Crippen molar-refractivity contribution < 1.29 is 8.42 Å². The molecule has 102 valence electrons. The molecule has 0 N–H and O–H groups in total. The van der Waals surface area contributed by atoms with Crippen LogP contribution in [0.5, 0.6) is 0 Å². The first-order valence-electron chi connectivity index (χ1n) is 5.77. The van der Waals surface area contributed by atoms with Gasteiger partial charge in [-0.25, -0.2) is 13.4 Å². The smallest absolute Gasteiger partial charge is 0.196 e. The van der Waals surface area contributed by atoms with Crippen LogP contribution in [0.25, 0.3) is 10.8 Å². The molecule has 19 heavy (non-hydrogen) atoms. The van der Waals surface area contributed by atoms with Crippen molar-refractivity contribution in [1.29, 1.82) is 0 Å². The highest BCUT2D eigenvalue weighted by Gasteiger charge is 2.22. The summed E-state index contributed by atoms with van der Waals surface area (Å²) in [5.74, 6) is 0.221. The Kier molecular flexibility index (Phi) is 4.48. The van der Waals surface area contributed by atoms with Crippen LogP contribution in [-0.4, -0.2) is 25.0 Å². The van der Waals surface area contributed by atoms with Crippen molar-refractivity contribution in [2.24, 2.45) is 5.92 Å². The summed E-state index contributed by atoms with van der Waals surface area (Å²) in [5.41, 5.74) is 0. The molecule has 0 fully saturated rings. The van der Waals surface area contributed by atoms with Gasteiger partial charge in [0.05, 0.1) is 5.75 Å². The predicted octanol–water partition coefficient (Wildman–Crippen LogP) is 3.65. The summed E-state index contributed by atoms with van der Waals surface area (Å²) in [6, 6.07) is 7.24. The van der Waals surface area contributed by atoms with Crippen LogP contribution in [0.1, 0.15) is 6.92 Å². The van der Waals surface area contributed by atoms with Crippen LogP contribution in [-0.2, 0) is 9.84 Å². The van der Waals surface area contributed by atoms with Crippen molar-refractivity contribution in [3.05, 3.63) is 34.9 Å². The zero-order valence-corrected chi connectivity index (χ0v) is 13.5. The van der Waals surface area contributed by atoms with Crippen LogP contribution in [0.4, 0.5) is 0 Å². The second kappa shape index (κ2) is 5.77. The van der Waals surface area contributed by atoms with E-state index < -0.39 is 9.84 Å². The Labute approximate surface area is 126 Å². The number of aromatic nitrogens is 1. The Hall–Kier alpha value is -0.650. The van der Waals surface area contributed by atoms with Crippen molar-refractivity contribution in [3.8, 4) is 0 Å². The molecule has 0 saturated carbocycles. The molecule has 6 heteroatoms. The predicted molar refractivity (Wildman–Crippen MR) is 81.4 cm³/mol. The second-order valence-electron chi connectivity index (χ2n) is 4.49. The molecule has 0 saturated heterocycles. The van der Waals surface area contributed by atoms with Gasteiger partial charge in [0.1, 0.15) is 0 Å². The van der Waals surface area contributed by atoms with Gasteiger partial charge >= 0.3 is 0 Å². The lowest BCUT2D eigenvalue weighted by molar-refractivity contribution is 0.580. The van der Waals surface area contributed by atoms with E-state index in [1.807, 2.05) is 13.0 Å². The standard InChI is InChI=1S/C13H13BrClNO2S/c1-9(7-15)8-19(17,18)13-11-3-2-4-12(14)10(11)5-6-16-13/h2-6,9H,7-8H2,1H3. The van der Waals surface area contributed by atoms with E-state index in [0.29, 0.717) is 11.3 Å². The van der Waals surface area contributed by atoms with E-state index in [1.165, 1.54) is 6.20 Å². The number of sulfone groups is 1. The number of halogens is 2. The van der Waals surface area contributed by atoms with Gasteiger partial charge in [-0.05, 0) is 18.1 Å². The number of benzene rings is 1. The van der Waals surface area contributed by atoms with Crippen LogP contribution in [0.15, 0.2) is 40.0 Å². The number of nitrogens with zero attached hydrogens (tertiary/aromatic N) is 1. The van der Waals surface area contributed by atoms with Crippen molar-refractivity contribution in [3.63, 3.8) is 0 Å². The number of hydrogen-bond donors (Lipinski definition) is 0. The monoisotopic (exact) mass is 361 g/mol. The summed E-state index contributed by atoms with van der Waals surface area (Å²) in [6.07, 6.45) is 1.52. The number of rotatable bonds is 4. The normalized spacial score (nSPS) is 13.6. The van der Waals surface area contributed by atoms with Crippen LogP contribution >= 0.6 is 27.5 Å². The van der Waals surface area contributed by atoms with Crippen LogP contribution in [0.2, 0.25) is 0 Å². The summed E-state index contributed by atoms with van der Waals surface area (Å²) in [4.78, 5) is 4.06. The highest BCUT2D eigenvalue weighted by Crippen LogP contribution is 2.28. The first-order chi connectivity index (χ1) is 8.95. The van der Waals surface area contributed by atoms with E-state index in [1.54, 1.807) is 18.2 Å². The average Bonchev–Trinajstić information content (AvgIpc) is 2.38. The fraction of sp³-hybridized carbons (Fsp3) is 0.308. The molecule has 1 unspecified atom stereocenters. The number of alkyl halides is 1. The lowest BCUT2D eigenvalue weighted by Gasteiger charge is -2.10. The first-order valence-corrected chi connectivity index (χ1v) is 8.75. The maximum atomic E-state index is 12.4. The van der Waals surface area contributed by atoms with Crippen LogP contribution in [0, 0.1) is 5.92 Å². The summed E-state index contributed by atoms with van der Waals surface area (Å²) < 4.78 is 25.6. The van der Waals surface area contributed by atoms with E-state index in [0.717, 1.165) is 9.86 Å². The number of fused-ring (bicyclic) bond motifs is 1. The number of hydrogen-bond acceptors (Lipinski definition) is 3. The van der Waals surface area contributed by atoms with Gasteiger partial charge in [-0.2, -0.15) is 0 Å². The van der Waals surface area contributed by atoms with E-state index >= 15 is 0 Å². The molecular formula is C13H13BrClNO2S. The Morgan fingerprint density at radius 1 is 1.32 bits per heavy atom. The molecule has 0 bridgehead atoms. The fourth-order valence-electron chi connectivity index (χ4n) is 1.89. The largest absolute Gasteiger partial charge is 0.244 e. The topological polar surface area (TPSA) is 47.0 Å². The molecule has 0 radical (unpaired) electrons. The lowest BCUT2D eigenvalue weighted by Crippen LogP contribution is -2.16. The van der Waals surface area contributed by atoms with Gasteiger partial charge in [0.15, 0.2) is 14.9 Å². The van der Waals surface area contributed by atoms with E-state index in [2.05, 4.69) is 20.9 Å². The molecule has 0 amide bonds. The van der Waals surface area contributed by atoms with Gasteiger partial charge in [-0.1, -0.05) is 35.0 Å². The quantitative estimate of drug-likeness (QED) is 0.780. The summed E-state index contributed by atoms with van der Waals surface area (Å²) in [6.45, 7) is 1.81. The molecule has 3 nitrogen and oxygen atoms in total. The minimum absolute atomic E-state index is 0.00905. The molecule has 1 atom stereocenters. The molecule has 2 aromatic rings. The third-order valence-electron chi connectivity index (χ3n) is 2.78. The average molecular weight is 363 g/mol. The van der Waals surface area contributed by atoms with Crippen molar-refractivity contribution >= 4 is 48.1 Å². The van der Waals surface area contributed by atoms with Crippen LogP contribution in [0.3, 0.4) is 0 Å². The van der Waals surface area contributed by atoms with Gasteiger partial charge in [-0.15, -0.1) is 11.6 Å².